The number of ether oxygens (including phenoxy) is 3. The zero-order valence-electron chi connectivity index (χ0n) is 15.6. The molecule has 1 aromatic heterocycles. The highest BCUT2D eigenvalue weighted by Gasteiger charge is 2.23. The summed E-state index contributed by atoms with van der Waals surface area (Å²) in [6.45, 7) is 1.25. The van der Waals surface area contributed by atoms with Crippen molar-refractivity contribution in [3.63, 3.8) is 0 Å². The van der Waals surface area contributed by atoms with Crippen LogP contribution in [0.4, 0.5) is 0 Å². The van der Waals surface area contributed by atoms with Crippen LogP contribution in [0.15, 0.2) is 48.7 Å². The fourth-order valence-corrected chi connectivity index (χ4v) is 3.08. The number of benzene rings is 2. The molecule has 2 aromatic carbocycles. The smallest absolute Gasteiger partial charge is 0.326 e. The minimum Gasteiger partial charge on any atom is -0.454 e. The van der Waals surface area contributed by atoms with Gasteiger partial charge in [-0.25, -0.2) is 0 Å². The molecule has 148 valence electrons. The molecular formula is C21H18N2O6. The molecule has 8 heteroatoms. The van der Waals surface area contributed by atoms with Gasteiger partial charge in [0.05, 0.1) is 0 Å². The van der Waals surface area contributed by atoms with Gasteiger partial charge in [-0.05, 0) is 31.2 Å². The maximum atomic E-state index is 12.6. The number of para-hydroxylation sites is 1. The average molecular weight is 394 g/mol. The molecule has 0 radical (unpaired) electrons. The Morgan fingerprint density at radius 3 is 2.79 bits per heavy atom. The first-order chi connectivity index (χ1) is 14.0. The van der Waals surface area contributed by atoms with Gasteiger partial charge in [0.2, 0.25) is 12.6 Å². The van der Waals surface area contributed by atoms with Gasteiger partial charge in [-0.1, -0.05) is 18.2 Å². The first-order valence-electron chi connectivity index (χ1n) is 9.00. The lowest BCUT2D eigenvalue weighted by atomic mass is 10.1. The van der Waals surface area contributed by atoms with Gasteiger partial charge in [-0.3, -0.25) is 14.4 Å². The molecule has 4 rings (SSSR count). The van der Waals surface area contributed by atoms with Crippen molar-refractivity contribution in [1.29, 1.82) is 0 Å². The number of rotatable bonds is 6. The van der Waals surface area contributed by atoms with Gasteiger partial charge < -0.3 is 24.5 Å². The van der Waals surface area contributed by atoms with E-state index < -0.39 is 18.0 Å². The van der Waals surface area contributed by atoms with Crippen molar-refractivity contribution in [2.45, 2.75) is 13.0 Å². The summed E-state index contributed by atoms with van der Waals surface area (Å²) >= 11 is 0. The lowest BCUT2D eigenvalue weighted by Crippen LogP contribution is -2.34. The number of carbonyl (C=O) groups excluding carboxylic acids is 3. The van der Waals surface area contributed by atoms with Gasteiger partial charge in [0, 0.05) is 28.2 Å². The number of aromatic amines is 1. The second kappa shape index (κ2) is 7.67. The molecule has 0 bridgehead atoms. The lowest BCUT2D eigenvalue weighted by molar-refractivity contribution is -0.145. The molecule has 0 aliphatic carbocycles. The average Bonchev–Trinajstić information content (AvgIpc) is 3.37. The largest absolute Gasteiger partial charge is 0.454 e. The van der Waals surface area contributed by atoms with Crippen molar-refractivity contribution in [3.05, 3.63) is 59.8 Å². The molecular weight excluding hydrogens is 376 g/mol. The molecule has 1 aliphatic heterocycles. The number of hydrogen-bond acceptors (Lipinski definition) is 6. The number of Topliss-reactive ketones (excluding diaryl/α,β-unsaturated/α-hetero) is 1. The molecule has 0 saturated carbocycles. The quantitative estimate of drug-likeness (QED) is 0.491. The number of fused-ring (bicyclic) bond motifs is 2. The van der Waals surface area contributed by atoms with Gasteiger partial charge in [0.25, 0.3) is 5.91 Å². The first-order valence-corrected chi connectivity index (χ1v) is 9.00. The van der Waals surface area contributed by atoms with E-state index in [1.165, 1.54) is 13.0 Å². The molecule has 0 saturated heterocycles. The molecule has 3 aromatic rings. The Labute approximate surface area is 165 Å². The first kappa shape index (κ1) is 18.5. The molecule has 1 aliphatic rings. The summed E-state index contributed by atoms with van der Waals surface area (Å²) in [6, 6.07) is 12.1. The van der Waals surface area contributed by atoms with Crippen LogP contribution in [0.3, 0.4) is 0 Å². The summed E-state index contributed by atoms with van der Waals surface area (Å²) in [5, 5.41) is 3.23. The number of nitrogens with one attached hydrogen (secondary N) is 2. The van der Waals surface area contributed by atoms with Crippen LogP contribution in [-0.4, -0.2) is 42.1 Å². The third kappa shape index (κ3) is 3.77. The maximum absolute atomic E-state index is 12.6. The monoisotopic (exact) mass is 394 g/mol. The maximum Gasteiger partial charge on any atom is 0.326 e. The van der Waals surface area contributed by atoms with E-state index in [1.54, 1.807) is 18.3 Å². The van der Waals surface area contributed by atoms with Crippen molar-refractivity contribution in [1.82, 2.24) is 10.3 Å². The number of hydrogen-bond donors (Lipinski definition) is 2. The molecule has 0 spiro atoms. The Kier molecular flexibility index (Phi) is 4.90. The Morgan fingerprint density at radius 2 is 1.93 bits per heavy atom. The number of amides is 1. The zero-order chi connectivity index (χ0) is 20.4. The third-order valence-corrected chi connectivity index (χ3v) is 4.56. The van der Waals surface area contributed by atoms with E-state index in [9.17, 15) is 14.4 Å². The third-order valence-electron chi connectivity index (χ3n) is 4.56. The fourth-order valence-electron chi connectivity index (χ4n) is 3.08. The van der Waals surface area contributed by atoms with E-state index in [4.69, 9.17) is 14.2 Å². The van der Waals surface area contributed by atoms with E-state index in [1.807, 2.05) is 24.3 Å². The minimum absolute atomic E-state index is 0.106. The molecule has 1 amide bonds. The molecule has 2 N–H and O–H groups in total. The van der Waals surface area contributed by atoms with Crippen molar-refractivity contribution in [2.24, 2.45) is 0 Å². The highest BCUT2D eigenvalue weighted by molar-refractivity contribution is 6.10. The van der Waals surface area contributed by atoms with Crippen molar-refractivity contribution in [2.75, 3.05) is 13.3 Å². The predicted octanol–water partition coefficient (Wildman–Crippen LogP) is 2.44. The summed E-state index contributed by atoms with van der Waals surface area (Å²) in [5.74, 6) is -0.461. The molecule has 2 heterocycles. The Morgan fingerprint density at radius 1 is 1.14 bits per heavy atom. The van der Waals surface area contributed by atoms with Crippen LogP contribution in [0.5, 0.6) is 11.5 Å². The standard InChI is InChI=1S/C21H18N2O6/c1-12(20(25)15-9-22-16-5-3-2-4-14(15)16)29-19(24)10-23-21(26)13-6-7-17-18(8-13)28-11-27-17/h2-9,12,22H,10-11H2,1H3,(H,23,26)/t12-/m1/s1. The highest BCUT2D eigenvalue weighted by atomic mass is 16.7. The van der Waals surface area contributed by atoms with Crippen LogP contribution < -0.4 is 14.8 Å². The number of ketones is 1. The summed E-state index contributed by atoms with van der Waals surface area (Å²) < 4.78 is 15.6. The summed E-state index contributed by atoms with van der Waals surface area (Å²) in [7, 11) is 0. The van der Waals surface area contributed by atoms with Gasteiger partial charge >= 0.3 is 5.97 Å². The summed E-state index contributed by atoms with van der Waals surface area (Å²) in [6.07, 6.45) is 0.614. The number of esters is 1. The van der Waals surface area contributed by atoms with Crippen LogP contribution >= 0.6 is 0 Å². The van der Waals surface area contributed by atoms with E-state index in [0.29, 0.717) is 22.6 Å². The molecule has 0 fully saturated rings. The van der Waals surface area contributed by atoms with Gasteiger partial charge in [0.1, 0.15) is 6.54 Å². The van der Waals surface area contributed by atoms with Crippen LogP contribution in [0, 0.1) is 0 Å². The van der Waals surface area contributed by atoms with Gasteiger partial charge in [-0.2, -0.15) is 0 Å². The summed E-state index contributed by atoms with van der Waals surface area (Å²) in [4.78, 5) is 39.9. The van der Waals surface area contributed by atoms with E-state index in [-0.39, 0.29) is 19.1 Å². The van der Waals surface area contributed by atoms with Crippen LogP contribution in [-0.2, 0) is 9.53 Å². The van der Waals surface area contributed by atoms with Gasteiger partial charge in [-0.15, -0.1) is 0 Å². The van der Waals surface area contributed by atoms with Crippen LogP contribution in [0.2, 0.25) is 0 Å². The number of aromatic nitrogens is 1. The predicted molar refractivity (Wildman–Crippen MR) is 103 cm³/mol. The number of H-pyrrole nitrogens is 1. The van der Waals surface area contributed by atoms with E-state index in [0.717, 1.165) is 10.9 Å². The van der Waals surface area contributed by atoms with Crippen LogP contribution in [0.25, 0.3) is 10.9 Å². The Hall–Kier alpha value is -3.81. The van der Waals surface area contributed by atoms with E-state index in [2.05, 4.69) is 10.3 Å². The Balaban J connectivity index is 1.33. The van der Waals surface area contributed by atoms with Crippen molar-refractivity contribution < 1.29 is 28.6 Å². The second-order valence-electron chi connectivity index (χ2n) is 6.49. The number of carbonyl (C=O) groups is 3. The van der Waals surface area contributed by atoms with E-state index >= 15 is 0 Å². The fraction of sp³-hybridized carbons (Fsp3) is 0.190. The highest BCUT2D eigenvalue weighted by Crippen LogP contribution is 2.32. The SMILES string of the molecule is C[C@@H](OC(=O)CNC(=O)c1ccc2c(c1)OCO2)C(=O)c1c[nH]c2ccccc12. The lowest BCUT2D eigenvalue weighted by Gasteiger charge is -2.12. The van der Waals surface area contributed by atoms with Crippen LogP contribution in [0.1, 0.15) is 27.6 Å². The molecule has 0 unspecified atom stereocenters. The van der Waals surface area contributed by atoms with Gasteiger partial charge in [0.15, 0.2) is 17.6 Å². The topological polar surface area (TPSA) is 107 Å². The minimum atomic E-state index is -0.982. The zero-order valence-corrected chi connectivity index (χ0v) is 15.6. The molecule has 29 heavy (non-hydrogen) atoms. The Bertz CT molecular complexity index is 1100. The summed E-state index contributed by atoms with van der Waals surface area (Å²) in [5.41, 5.74) is 1.60. The second-order valence-corrected chi connectivity index (χ2v) is 6.49. The molecule has 1 atom stereocenters. The van der Waals surface area contributed by atoms with Crippen molar-refractivity contribution in [3.8, 4) is 11.5 Å². The molecule has 8 nitrogen and oxygen atoms in total. The van der Waals surface area contributed by atoms with Crippen molar-refractivity contribution >= 4 is 28.6 Å². The normalized spacial score (nSPS) is 13.1.